The summed E-state index contributed by atoms with van der Waals surface area (Å²) in [6, 6.07) is 5.04. The Morgan fingerprint density at radius 1 is 1.21 bits per heavy atom. The number of hydrogen-bond acceptors (Lipinski definition) is 3. The van der Waals surface area contributed by atoms with Gasteiger partial charge in [-0.05, 0) is 26.0 Å². The molecular weight excluding hydrogens is 261 g/mol. The molecule has 19 heavy (non-hydrogen) atoms. The Morgan fingerprint density at radius 3 is 2.21 bits per heavy atom. The van der Waals surface area contributed by atoms with Gasteiger partial charge in [0, 0.05) is 6.07 Å². The minimum absolute atomic E-state index is 0.132. The van der Waals surface area contributed by atoms with Crippen LogP contribution in [0.4, 0.5) is 13.2 Å². The van der Waals surface area contributed by atoms with Crippen molar-refractivity contribution in [1.29, 1.82) is 0 Å². The number of halogens is 3. The Balaban J connectivity index is 2.86. The summed E-state index contributed by atoms with van der Waals surface area (Å²) in [6.45, 7) is 8.30. The highest BCUT2D eigenvalue weighted by atomic mass is 19.4. The van der Waals surface area contributed by atoms with Crippen LogP contribution in [-0.4, -0.2) is 23.2 Å². The third-order valence-electron chi connectivity index (χ3n) is 2.31. The molecule has 0 aliphatic heterocycles. The maximum atomic E-state index is 12.1. The predicted octanol–water partition coefficient (Wildman–Crippen LogP) is 3.09. The van der Waals surface area contributed by atoms with Gasteiger partial charge < -0.3 is 14.6 Å². The number of benzene rings is 1. The zero-order valence-corrected chi connectivity index (χ0v) is 10.4. The SMILES string of the molecule is [CH]=CC(O)C(C)(C)Oc1cccc(OC(F)(F)F)c1. The Morgan fingerprint density at radius 2 is 1.74 bits per heavy atom. The summed E-state index contributed by atoms with van der Waals surface area (Å²) < 4.78 is 45.4. The van der Waals surface area contributed by atoms with Crippen LogP contribution < -0.4 is 9.47 Å². The molecule has 3 nitrogen and oxygen atoms in total. The lowest BCUT2D eigenvalue weighted by Crippen LogP contribution is -2.40. The lowest BCUT2D eigenvalue weighted by atomic mass is 10.0. The smallest absolute Gasteiger partial charge is 0.485 e. The van der Waals surface area contributed by atoms with Crippen molar-refractivity contribution in [1.82, 2.24) is 0 Å². The lowest BCUT2D eigenvalue weighted by Gasteiger charge is -2.29. The molecule has 1 aromatic carbocycles. The van der Waals surface area contributed by atoms with Crippen LogP contribution in [0.5, 0.6) is 11.5 Å². The quantitative estimate of drug-likeness (QED) is 0.897. The fourth-order valence-corrected chi connectivity index (χ4v) is 1.33. The molecule has 1 atom stereocenters. The second-order valence-corrected chi connectivity index (χ2v) is 4.37. The number of hydrogen-bond donors (Lipinski definition) is 1. The molecule has 0 aliphatic carbocycles. The second kappa shape index (κ2) is 5.52. The van der Waals surface area contributed by atoms with Gasteiger partial charge in [0.15, 0.2) is 0 Å². The Labute approximate surface area is 109 Å². The summed E-state index contributed by atoms with van der Waals surface area (Å²) >= 11 is 0. The highest BCUT2D eigenvalue weighted by molar-refractivity contribution is 5.33. The van der Waals surface area contributed by atoms with Gasteiger partial charge in [-0.3, -0.25) is 0 Å². The molecule has 0 saturated heterocycles. The van der Waals surface area contributed by atoms with Crippen molar-refractivity contribution in [2.75, 3.05) is 0 Å². The minimum Gasteiger partial charge on any atom is -0.485 e. The molecule has 0 heterocycles. The highest BCUT2D eigenvalue weighted by Gasteiger charge is 2.32. The van der Waals surface area contributed by atoms with E-state index < -0.39 is 23.8 Å². The molecule has 0 fully saturated rings. The summed E-state index contributed by atoms with van der Waals surface area (Å²) in [5.41, 5.74) is -1.08. The van der Waals surface area contributed by atoms with Gasteiger partial charge in [0.2, 0.25) is 0 Å². The van der Waals surface area contributed by atoms with Crippen LogP contribution in [0, 0.1) is 6.58 Å². The van der Waals surface area contributed by atoms with E-state index in [-0.39, 0.29) is 5.75 Å². The van der Waals surface area contributed by atoms with E-state index in [0.717, 1.165) is 18.2 Å². The van der Waals surface area contributed by atoms with Crippen molar-refractivity contribution in [3.8, 4) is 11.5 Å². The molecule has 1 aromatic rings. The van der Waals surface area contributed by atoms with Crippen LogP contribution in [0.3, 0.4) is 0 Å². The molecule has 0 amide bonds. The van der Waals surface area contributed by atoms with Crippen molar-refractivity contribution in [2.45, 2.75) is 31.9 Å². The van der Waals surface area contributed by atoms with E-state index in [1.165, 1.54) is 12.1 Å². The number of ether oxygens (including phenoxy) is 2. The maximum absolute atomic E-state index is 12.1. The van der Waals surface area contributed by atoms with Gasteiger partial charge >= 0.3 is 6.36 Å². The highest BCUT2D eigenvalue weighted by Crippen LogP contribution is 2.28. The molecule has 0 bridgehead atoms. The first kappa shape index (κ1) is 15.4. The molecular formula is C13H14F3O3. The number of alkyl halides is 3. The van der Waals surface area contributed by atoms with Crippen LogP contribution in [0.1, 0.15) is 13.8 Å². The van der Waals surface area contributed by atoms with E-state index in [2.05, 4.69) is 4.74 Å². The van der Waals surface area contributed by atoms with Gasteiger partial charge in [0.05, 0.1) is 0 Å². The molecule has 0 saturated carbocycles. The molecule has 6 heteroatoms. The summed E-state index contributed by atoms with van der Waals surface area (Å²) in [4.78, 5) is 0. The van der Waals surface area contributed by atoms with Gasteiger partial charge in [-0.1, -0.05) is 18.7 Å². The molecule has 0 aromatic heterocycles. The van der Waals surface area contributed by atoms with Crippen LogP contribution in [0.2, 0.25) is 0 Å². The van der Waals surface area contributed by atoms with Gasteiger partial charge in [-0.25, -0.2) is 0 Å². The lowest BCUT2D eigenvalue weighted by molar-refractivity contribution is -0.274. The number of aliphatic hydroxyl groups excluding tert-OH is 1. The first-order valence-electron chi connectivity index (χ1n) is 5.42. The van der Waals surface area contributed by atoms with Crippen molar-refractivity contribution >= 4 is 0 Å². The minimum atomic E-state index is -4.77. The van der Waals surface area contributed by atoms with Crippen LogP contribution in [0.25, 0.3) is 0 Å². The maximum Gasteiger partial charge on any atom is 0.573 e. The van der Waals surface area contributed by atoms with Crippen molar-refractivity contribution < 1.29 is 27.8 Å². The van der Waals surface area contributed by atoms with E-state index in [0.29, 0.717) is 0 Å². The van der Waals surface area contributed by atoms with E-state index >= 15 is 0 Å². The van der Waals surface area contributed by atoms with E-state index in [1.807, 2.05) is 0 Å². The normalized spacial score (nSPS) is 13.8. The number of aliphatic hydroxyl groups is 1. The Kier molecular flexibility index (Phi) is 4.47. The summed E-state index contributed by atoms with van der Waals surface area (Å²) in [6.07, 6.45) is -4.80. The van der Waals surface area contributed by atoms with Crippen molar-refractivity contribution in [3.63, 3.8) is 0 Å². The van der Waals surface area contributed by atoms with Crippen molar-refractivity contribution in [2.24, 2.45) is 0 Å². The molecule has 1 N–H and O–H groups in total. The molecule has 105 valence electrons. The van der Waals surface area contributed by atoms with Crippen LogP contribution in [-0.2, 0) is 0 Å². The van der Waals surface area contributed by atoms with Gasteiger partial charge in [0.1, 0.15) is 23.2 Å². The van der Waals surface area contributed by atoms with Gasteiger partial charge in [-0.2, -0.15) is 0 Å². The molecule has 1 unspecified atom stereocenters. The zero-order chi connectivity index (χ0) is 14.7. The van der Waals surface area contributed by atoms with Gasteiger partial charge in [-0.15, -0.1) is 13.2 Å². The molecule has 0 spiro atoms. The average molecular weight is 275 g/mol. The zero-order valence-electron chi connectivity index (χ0n) is 10.4. The summed E-state index contributed by atoms with van der Waals surface area (Å²) in [7, 11) is 0. The second-order valence-electron chi connectivity index (χ2n) is 4.37. The van der Waals surface area contributed by atoms with Crippen LogP contribution >= 0.6 is 0 Å². The van der Waals surface area contributed by atoms with Crippen molar-refractivity contribution in [3.05, 3.63) is 36.9 Å². The molecule has 1 radical (unpaired) electrons. The monoisotopic (exact) mass is 275 g/mol. The molecule has 0 aliphatic rings. The Bertz CT molecular complexity index is 441. The fourth-order valence-electron chi connectivity index (χ4n) is 1.33. The predicted molar refractivity (Wildman–Crippen MR) is 62.7 cm³/mol. The largest absolute Gasteiger partial charge is 0.573 e. The first-order chi connectivity index (χ1) is 8.64. The van der Waals surface area contributed by atoms with E-state index in [9.17, 15) is 18.3 Å². The topological polar surface area (TPSA) is 38.7 Å². The fraction of sp³-hybridized carbons (Fsp3) is 0.385. The van der Waals surface area contributed by atoms with Gasteiger partial charge in [0.25, 0.3) is 0 Å². The Hall–Kier alpha value is -1.69. The standard InChI is InChI=1S/C13H14F3O3/c1-4-11(17)12(2,3)18-9-6-5-7-10(8-9)19-13(14,15)16/h1,4-8,11,17H,2-3H3. The third kappa shape index (κ3) is 4.82. The summed E-state index contributed by atoms with van der Waals surface area (Å²) in [5.74, 6) is -0.264. The first-order valence-corrected chi connectivity index (χ1v) is 5.42. The number of rotatable bonds is 5. The molecule has 1 rings (SSSR count). The van der Waals surface area contributed by atoms with Crippen LogP contribution in [0.15, 0.2) is 30.3 Å². The summed E-state index contributed by atoms with van der Waals surface area (Å²) in [5, 5.41) is 9.59. The van der Waals surface area contributed by atoms with E-state index in [1.54, 1.807) is 13.8 Å². The van der Waals surface area contributed by atoms with E-state index in [4.69, 9.17) is 11.3 Å². The average Bonchev–Trinajstić information content (AvgIpc) is 2.25. The third-order valence-corrected chi connectivity index (χ3v) is 2.31.